The number of carbonyl (C=O) groups is 1. The average molecular weight is 372 g/mol. The van der Waals surface area contributed by atoms with E-state index in [1.165, 1.54) is 12.1 Å². The minimum absolute atomic E-state index is 0.0431. The van der Waals surface area contributed by atoms with Crippen LogP contribution >= 0.6 is 0 Å². The third-order valence-electron chi connectivity index (χ3n) is 4.52. The molecule has 8 nitrogen and oxygen atoms in total. The molecule has 2 aromatic heterocycles. The summed E-state index contributed by atoms with van der Waals surface area (Å²) < 4.78 is 24.3. The quantitative estimate of drug-likeness (QED) is 0.707. The van der Waals surface area contributed by atoms with Crippen LogP contribution in [-0.2, 0) is 0 Å². The summed E-state index contributed by atoms with van der Waals surface area (Å²) in [5.41, 5.74) is 0.337. The van der Waals surface area contributed by atoms with Crippen molar-refractivity contribution in [3.8, 4) is 11.3 Å². The molecule has 0 spiro atoms. The van der Waals surface area contributed by atoms with Gasteiger partial charge in [-0.2, -0.15) is 0 Å². The molecule has 0 aliphatic heterocycles. The second kappa shape index (κ2) is 6.92. The summed E-state index contributed by atoms with van der Waals surface area (Å²) in [5.74, 6) is 0.0434. The number of amides is 1. The van der Waals surface area contributed by atoms with Crippen molar-refractivity contribution in [2.45, 2.75) is 37.8 Å². The molecule has 9 heteroatoms. The van der Waals surface area contributed by atoms with E-state index in [1.807, 2.05) is 0 Å². The van der Waals surface area contributed by atoms with Crippen molar-refractivity contribution in [3.05, 3.63) is 53.6 Å². The smallest absolute Gasteiger partial charge is 0.273 e. The molecule has 1 atom stereocenters. The third kappa shape index (κ3) is 3.45. The number of aliphatic hydroxyl groups excluding tert-OH is 1. The van der Waals surface area contributed by atoms with E-state index >= 15 is 0 Å². The van der Waals surface area contributed by atoms with Crippen LogP contribution in [0, 0.1) is 5.82 Å². The summed E-state index contributed by atoms with van der Waals surface area (Å²) in [7, 11) is 0. The van der Waals surface area contributed by atoms with Gasteiger partial charge in [0.25, 0.3) is 5.91 Å². The van der Waals surface area contributed by atoms with Gasteiger partial charge in [0.2, 0.25) is 11.8 Å². The molecule has 1 amide bonds. The normalized spacial score (nSPS) is 20.1. The Bertz CT molecular complexity index is 962. The van der Waals surface area contributed by atoms with Crippen LogP contribution in [-0.4, -0.2) is 32.4 Å². The largest absolute Gasteiger partial charge is 0.422 e. The number of hydrogen-bond acceptors (Lipinski definition) is 7. The predicted octanol–water partition coefficient (Wildman–Crippen LogP) is 2.59. The summed E-state index contributed by atoms with van der Waals surface area (Å²) in [6, 6.07) is 7.47. The third-order valence-corrected chi connectivity index (χ3v) is 4.52. The zero-order chi connectivity index (χ0) is 19.0. The molecular formula is C18H17FN4O4. The molecule has 2 heterocycles. The van der Waals surface area contributed by atoms with Crippen molar-refractivity contribution in [1.29, 1.82) is 0 Å². The Balaban J connectivity index is 1.35. The van der Waals surface area contributed by atoms with Crippen molar-refractivity contribution < 1.29 is 23.2 Å². The van der Waals surface area contributed by atoms with E-state index in [0.29, 0.717) is 18.7 Å². The molecule has 27 heavy (non-hydrogen) atoms. The predicted molar refractivity (Wildman–Crippen MR) is 90.1 cm³/mol. The van der Waals surface area contributed by atoms with Gasteiger partial charge < -0.3 is 19.4 Å². The topological polar surface area (TPSA) is 114 Å². The second-order valence-corrected chi connectivity index (χ2v) is 6.55. The van der Waals surface area contributed by atoms with Gasteiger partial charge >= 0.3 is 0 Å². The first-order valence-corrected chi connectivity index (χ1v) is 8.55. The lowest BCUT2D eigenvalue weighted by atomic mass is 9.80. The molecular weight excluding hydrogens is 355 g/mol. The highest BCUT2D eigenvalue weighted by molar-refractivity contribution is 5.93. The zero-order valence-corrected chi connectivity index (χ0v) is 14.4. The maximum atomic E-state index is 13.8. The van der Waals surface area contributed by atoms with Gasteiger partial charge in [-0.15, -0.1) is 10.2 Å². The lowest BCUT2D eigenvalue weighted by Crippen LogP contribution is -2.43. The summed E-state index contributed by atoms with van der Waals surface area (Å²) in [6.07, 6.45) is 0.480. The van der Waals surface area contributed by atoms with Crippen LogP contribution in [0.2, 0.25) is 0 Å². The van der Waals surface area contributed by atoms with Crippen LogP contribution in [0.15, 0.2) is 39.3 Å². The van der Waals surface area contributed by atoms with Gasteiger partial charge in [0, 0.05) is 18.0 Å². The Morgan fingerprint density at radius 1 is 1.33 bits per heavy atom. The molecule has 1 aliphatic rings. The van der Waals surface area contributed by atoms with Crippen molar-refractivity contribution in [1.82, 2.24) is 20.7 Å². The number of rotatable bonds is 5. The summed E-state index contributed by atoms with van der Waals surface area (Å²) >= 11 is 0. The maximum Gasteiger partial charge on any atom is 0.273 e. The van der Waals surface area contributed by atoms with E-state index < -0.39 is 11.9 Å². The Kier molecular flexibility index (Phi) is 4.44. The number of nitrogens with zero attached hydrogens (tertiary/aromatic N) is 3. The summed E-state index contributed by atoms with van der Waals surface area (Å²) in [5, 5.41) is 23.7. The molecule has 4 rings (SSSR count). The summed E-state index contributed by atoms with van der Waals surface area (Å²) in [6.45, 7) is 1.55. The number of aromatic nitrogens is 3. The van der Waals surface area contributed by atoms with Crippen molar-refractivity contribution >= 4 is 5.91 Å². The fourth-order valence-electron chi connectivity index (χ4n) is 2.95. The minimum atomic E-state index is -0.808. The first-order chi connectivity index (χ1) is 13.0. The van der Waals surface area contributed by atoms with Crippen LogP contribution < -0.4 is 5.32 Å². The SMILES string of the molecule is C[C@@H](O)c1nnc(C2CC(NC(=O)c3cc(-c4ccccc4F)on3)C2)o1. The van der Waals surface area contributed by atoms with E-state index in [1.54, 1.807) is 25.1 Å². The molecule has 1 aromatic carbocycles. The molecule has 2 N–H and O–H groups in total. The van der Waals surface area contributed by atoms with E-state index in [4.69, 9.17) is 8.94 Å². The van der Waals surface area contributed by atoms with Gasteiger partial charge in [-0.1, -0.05) is 17.3 Å². The van der Waals surface area contributed by atoms with Crippen LogP contribution in [0.3, 0.4) is 0 Å². The van der Waals surface area contributed by atoms with Crippen molar-refractivity contribution in [3.63, 3.8) is 0 Å². The lowest BCUT2D eigenvalue weighted by molar-refractivity contribution is 0.0892. The van der Waals surface area contributed by atoms with E-state index in [2.05, 4.69) is 20.7 Å². The van der Waals surface area contributed by atoms with Gasteiger partial charge in [0.1, 0.15) is 11.9 Å². The summed E-state index contributed by atoms with van der Waals surface area (Å²) in [4.78, 5) is 12.3. The number of benzene rings is 1. The highest BCUT2D eigenvalue weighted by Gasteiger charge is 2.36. The fraction of sp³-hybridized carbons (Fsp3) is 0.333. The van der Waals surface area contributed by atoms with Gasteiger partial charge in [0.15, 0.2) is 11.5 Å². The zero-order valence-electron chi connectivity index (χ0n) is 14.4. The van der Waals surface area contributed by atoms with Crippen molar-refractivity contribution in [2.75, 3.05) is 0 Å². The van der Waals surface area contributed by atoms with Gasteiger partial charge in [0.05, 0.1) is 5.56 Å². The lowest BCUT2D eigenvalue weighted by Gasteiger charge is -2.33. The molecule has 0 unspecified atom stereocenters. The molecule has 0 bridgehead atoms. The second-order valence-electron chi connectivity index (χ2n) is 6.55. The van der Waals surface area contributed by atoms with E-state index in [-0.39, 0.29) is 40.8 Å². The van der Waals surface area contributed by atoms with E-state index in [9.17, 15) is 14.3 Å². The van der Waals surface area contributed by atoms with Gasteiger partial charge in [-0.3, -0.25) is 4.79 Å². The highest BCUT2D eigenvalue weighted by atomic mass is 19.1. The maximum absolute atomic E-state index is 13.8. The molecule has 3 aromatic rings. The molecule has 0 saturated heterocycles. The first kappa shape index (κ1) is 17.3. The molecule has 1 aliphatic carbocycles. The molecule has 1 saturated carbocycles. The van der Waals surface area contributed by atoms with Crippen LogP contribution in [0.1, 0.15) is 54.1 Å². The number of hydrogen-bond donors (Lipinski definition) is 2. The highest BCUT2D eigenvalue weighted by Crippen LogP contribution is 2.36. The van der Waals surface area contributed by atoms with Gasteiger partial charge in [-0.05, 0) is 31.9 Å². The molecule has 1 fully saturated rings. The van der Waals surface area contributed by atoms with Crippen LogP contribution in [0.25, 0.3) is 11.3 Å². The standard InChI is InChI=1S/C18H17FN4O4/c1-9(24)17-21-22-18(26-17)10-6-11(7-10)20-16(25)14-8-15(27-23-14)12-4-2-3-5-13(12)19/h2-5,8-11,24H,6-7H2,1H3,(H,20,25)/t9-,10?,11?/m1/s1. The van der Waals surface area contributed by atoms with E-state index in [0.717, 1.165) is 0 Å². The first-order valence-electron chi connectivity index (χ1n) is 8.55. The number of aliphatic hydroxyl groups is 1. The van der Waals surface area contributed by atoms with Gasteiger partial charge in [-0.25, -0.2) is 4.39 Å². The Hall–Kier alpha value is -3.07. The Labute approximate surface area is 153 Å². The Morgan fingerprint density at radius 3 is 2.81 bits per heavy atom. The number of carbonyl (C=O) groups excluding carboxylic acids is 1. The fourth-order valence-corrected chi connectivity index (χ4v) is 2.95. The van der Waals surface area contributed by atoms with Crippen LogP contribution in [0.4, 0.5) is 4.39 Å². The Morgan fingerprint density at radius 2 is 2.11 bits per heavy atom. The molecule has 0 radical (unpaired) electrons. The molecule has 140 valence electrons. The van der Waals surface area contributed by atoms with Crippen molar-refractivity contribution in [2.24, 2.45) is 0 Å². The minimum Gasteiger partial charge on any atom is -0.422 e. The number of nitrogens with one attached hydrogen (secondary N) is 1. The monoisotopic (exact) mass is 372 g/mol. The number of halogens is 1. The average Bonchev–Trinajstić information content (AvgIpc) is 3.27. The van der Waals surface area contributed by atoms with Crippen LogP contribution in [0.5, 0.6) is 0 Å².